The first kappa shape index (κ1) is 24.4. The number of anilines is 1. The predicted molar refractivity (Wildman–Crippen MR) is 123 cm³/mol. The van der Waals surface area contributed by atoms with Gasteiger partial charge in [-0.3, -0.25) is 9.79 Å². The zero-order valence-electron chi connectivity index (χ0n) is 16.3. The molecule has 0 fully saturated rings. The van der Waals surface area contributed by atoms with Gasteiger partial charge in [0.15, 0.2) is 5.96 Å². The van der Waals surface area contributed by atoms with Gasteiger partial charge in [-0.1, -0.05) is 24.6 Å². The molecule has 0 radical (unpaired) electrons. The maximum atomic E-state index is 11.0. The van der Waals surface area contributed by atoms with Crippen LogP contribution in [0.25, 0.3) is 0 Å². The Hall–Kier alpha value is -1.57. The zero-order valence-corrected chi connectivity index (χ0v) is 18.6. The number of amides is 1. The van der Waals surface area contributed by atoms with Crippen molar-refractivity contribution in [1.29, 1.82) is 0 Å². The largest absolute Gasteiger partial charge is 0.356 e. The van der Waals surface area contributed by atoms with Crippen molar-refractivity contribution < 1.29 is 4.79 Å². The summed E-state index contributed by atoms with van der Waals surface area (Å²) in [6, 6.07) is 7.94. The average Bonchev–Trinajstić information content (AvgIpc) is 2.59. The van der Waals surface area contributed by atoms with Crippen molar-refractivity contribution in [3.63, 3.8) is 0 Å². The van der Waals surface area contributed by atoms with Gasteiger partial charge in [0, 0.05) is 39.8 Å². The SMILES string of the molecule is C=CCCCCCN(C)C(=NC)NCCc1ccc(NC(C)=O)cc1.I. The Morgan fingerprint density at radius 2 is 1.92 bits per heavy atom. The van der Waals surface area contributed by atoms with Crippen molar-refractivity contribution in [3.8, 4) is 0 Å². The second kappa shape index (κ2) is 14.6. The minimum Gasteiger partial charge on any atom is -0.356 e. The fraction of sp³-hybridized carbons (Fsp3) is 0.500. The van der Waals surface area contributed by atoms with Gasteiger partial charge in [-0.2, -0.15) is 0 Å². The molecule has 0 aliphatic heterocycles. The molecule has 1 aromatic carbocycles. The van der Waals surface area contributed by atoms with Crippen molar-refractivity contribution in [1.82, 2.24) is 10.2 Å². The Balaban J connectivity index is 0.00000625. The number of carbonyl (C=O) groups excluding carboxylic acids is 1. The average molecular weight is 472 g/mol. The molecule has 6 heteroatoms. The molecule has 1 aromatic rings. The highest BCUT2D eigenvalue weighted by molar-refractivity contribution is 14.0. The molecule has 146 valence electrons. The number of rotatable bonds is 10. The van der Waals surface area contributed by atoms with E-state index < -0.39 is 0 Å². The summed E-state index contributed by atoms with van der Waals surface area (Å²) in [5.41, 5.74) is 2.06. The number of guanidine groups is 1. The molecular weight excluding hydrogens is 439 g/mol. The van der Waals surface area contributed by atoms with Crippen molar-refractivity contribution in [2.24, 2.45) is 4.99 Å². The summed E-state index contributed by atoms with van der Waals surface area (Å²) in [5, 5.41) is 6.18. The normalized spacial score (nSPS) is 10.7. The third kappa shape index (κ3) is 10.4. The summed E-state index contributed by atoms with van der Waals surface area (Å²) in [6.45, 7) is 7.09. The number of nitrogens with one attached hydrogen (secondary N) is 2. The molecular formula is C20H33IN4O. The van der Waals surface area contributed by atoms with Gasteiger partial charge in [0.1, 0.15) is 0 Å². The van der Waals surface area contributed by atoms with Crippen molar-refractivity contribution in [2.45, 2.75) is 39.0 Å². The number of benzene rings is 1. The van der Waals surface area contributed by atoms with Crippen molar-refractivity contribution in [2.75, 3.05) is 32.5 Å². The van der Waals surface area contributed by atoms with Crippen molar-refractivity contribution in [3.05, 3.63) is 42.5 Å². The standard InChI is InChI=1S/C20H32N4O.HI/c1-5-6-7-8-9-16-24(4)20(21-3)22-15-14-18-10-12-19(13-11-18)23-17(2)25;/h5,10-13H,1,6-9,14-16H2,2-4H3,(H,21,22)(H,23,25);1H. The summed E-state index contributed by atoms with van der Waals surface area (Å²) in [5.74, 6) is 0.879. The number of carbonyl (C=O) groups is 1. The molecule has 2 N–H and O–H groups in total. The van der Waals surface area contributed by atoms with Gasteiger partial charge in [0.05, 0.1) is 0 Å². The molecule has 0 bridgehead atoms. The van der Waals surface area contributed by atoms with Gasteiger partial charge in [-0.15, -0.1) is 30.6 Å². The fourth-order valence-corrected chi connectivity index (χ4v) is 2.58. The molecule has 0 aliphatic carbocycles. The van der Waals surface area contributed by atoms with E-state index >= 15 is 0 Å². The molecule has 5 nitrogen and oxygen atoms in total. The first-order chi connectivity index (χ1) is 12.1. The Kier molecular flexibility index (Phi) is 13.7. The van der Waals surface area contributed by atoms with Gasteiger partial charge >= 0.3 is 0 Å². The van der Waals surface area contributed by atoms with E-state index in [1.165, 1.54) is 25.3 Å². The van der Waals surface area contributed by atoms with E-state index in [-0.39, 0.29) is 29.9 Å². The molecule has 0 aliphatic rings. The molecule has 1 amide bonds. The van der Waals surface area contributed by atoms with Crippen LogP contribution in [0, 0.1) is 0 Å². The number of unbranched alkanes of at least 4 members (excludes halogenated alkanes) is 3. The van der Waals surface area contributed by atoms with E-state index in [9.17, 15) is 4.79 Å². The van der Waals surface area contributed by atoms with Crippen LogP contribution in [0.15, 0.2) is 41.9 Å². The van der Waals surface area contributed by atoms with Crippen LogP contribution < -0.4 is 10.6 Å². The molecule has 0 unspecified atom stereocenters. The third-order valence-electron chi connectivity index (χ3n) is 3.95. The molecule has 0 heterocycles. The van der Waals surface area contributed by atoms with Crippen LogP contribution in [0.4, 0.5) is 5.69 Å². The van der Waals surface area contributed by atoms with Gasteiger partial charge in [-0.05, 0) is 43.4 Å². The Morgan fingerprint density at radius 3 is 2.50 bits per heavy atom. The zero-order chi connectivity index (χ0) is 18.5. The number of nitrogens with zero attached hydrogens (tertiary/aromatic N) is 2. The van der Waals surface area contributed by atoms with Crippen LogP contribution >= 0.6 is 24.0 Å². The highest BCUT2D eigenvalue weighted by Crippen LogP contribution is 2.09. The minimum atomic E-state index is -0.0502. The maximum absolute atomic E-state index is 11.0. The topological polar surface area (TPSA) is 56.7 Å². The second-order valence-electron chi connectivity index (χ2n) is 6.16. The van der Waals surface area contributed by atoms with E-state index in [2.05, 4.69) is 34.2 Å². The Labute approximate surface area is 175 Å². The number of hydrogen-bond acceptors (Lipinski definition) is 2. The van der Waals surface area contributed by atoms with E-state index in [0.717, 1.165) is 44.0 Å². The lowest BCUT2D eigenvalue weighted by Gasteiger charge is -2.22. The first-order valence-corrected chi connectivity index (χ1v) is 8.96. The monoisotopic (exact) mass is 472 g/mol. The Morgan fingerprint density at radius 1 is 1.23 bits per heavy atom. The molecule has 0 spiro atoms. The molecule has 0 aromatic heterocycles. The van der Waals surface area contributed by atoms with E-state index in [0.29, 0.717) is 0 Å². The van der Waals surface area contributed by atoms with Gasteiger partial charge in [-0.25, -0.2) is 0 Å². The van der Waals surface area contributed by atoms with Crippen LogP contribution in [0.5, 0.6) is 0 Å². The highest BCUT2D eigenvalue weighted by atomic mass is 127. The van der Waals surface area contributed by atoms with E-state index in [4.69, 9.17) is 0 Å². The summed E-state index contributed by atoms with van der Waals surface area (Å²) < 4.78 is 0. The molecule has 0 saturated heterocycles. The van der Waals surface area contributed by atoms with Crippen LogP contribution in [-0.4, -0.2) is 44.0 Å². The van der Waals surface area contributed by atoms with Crippen LogP contribution in [0.1, 0.15) is 38.2 Å². The van der Waals surface area contributed by atoms with E-state index in [1.807, 2.05) is 37.4 Å². The lowest BCUT2D eigenvalue weighted by Crippen LogP contribution is -2.40. The first-order valence-electron chi connectivity index (χ1n) is 8.96. The summed E-state index contributed by atoms with van der Waals surface area (Å²) in [4.78, 5) is 17.5. The number of aliphatic imine (C=N–C) groups is 1. The lowest BCUT2D eigenvalue weighted by atomic mass is 10.1. The van der Waals surface area contributed by atoms with Crippen LogP contribution in [0.2, 0.25) is 0 Å². The van der Waals surface area contributed by atoms with Crippen LogP contribution in [0.3, 0.4) is 0 Å². The van der Waals surface area contributed by atoms with Gasteiger partial charge in [0.25, 0.3) is 0 Å². The van der Waals surface area contributed by atoms with E-state index in [1.54, 1.807) is 0 Å². The van der Waals surface area contributed by atoms with Gasteiger partial charge < -0.3 is 15.5 Å². The Bertz CT molecular complexity index is 557. The molecule has 26 heavy (non-hydrogen) atoms. The summed E-state index contributed by atoms with van der Waals surface area (Å²) >= 11 is 0. The number of allylic oxidation sites excluding steroid dienone is 1. The third-order valence-corrected chi connectivity index (χ3v) is 3.95. The molecule has 0 atom stereocenters. The highest BCUT2D eigenvalue weighted by Gasteiger charge is 2.05. The quantitative estimate of drug-likeness (QED) is 0.178. The summed E-state index contributed by atoms with van der Waals surface area (Å²) in [7, 11) is 3.89. The van der Waals surface area contributed by atoms with Gasteiger partial charge in [0.2, 0.25) is 5.91 Å². The molecule has 1 rings (SSSR count). The molecule has 0 saturated carbocycles. The predicted octanol–water partition coefficient (Wildman–Crippen LogP) is 4.06. The number of hydrogen-bond donors (Lipinski definition) is 2. The fourth-order valence-electron chi connectivity index (χ4n) is 2.58. The smallest absolute Gasteiger partial charge is 0.221 e. The minimum absolute atomic E-state index is 0. The summed E-state index contributed by atoms with van der Waals surface area (Å²) in [6.07, 6.45) is 7.57. The van der Waals surface area contributed by atoms with Crippen molar-refractivity contribution >= 4 is 41.5 Å². The lowest BCUT2D eigenvalue weighted by molar-refractivity contribution is -0.114. The second-order valence-corrected chi connectivity index (χ2v) is 6.16. The number of halogens is 1. The maximum Gasteiger partial charge on any atom is 0.221 e. The van der Waals surface area contributed by atoms with Crippen LogP contribution in [-0.2, 0) is 11.2 Å².